The van der Waals surface area contributed by atoms with Crippen molar-refractivity contribution in [2.75, 3.05) is 0 Å². The van der Waals surface area contributed by atoms with Crippen molar-refractivity contribution in [2.45, 2.75) is 13.3 Å². The summed E-state index contributed by atoms with van der Waals surface area (Å²) in [6, 6.07) is 10.3. The maximum atomic E-state index is 11.5. The summed E-state index contributed by atoms with van der Waals surface area (Å²) < 4.78 is 10.9. The van der Waals surface area contributed by atoms with Gasteiger partial charge in [0.25, 0.3) is 0 Å². The molecule has 0 fully saturated rings. The Hall–Kier alpha value is -3.07. The van der Waals surface area contributed by atoms with E-state index in [9.17, 15) is 4.79 Å². The van der Waals surface area contributed by atoms with Gasteiger partial charge in [-0.2, -0.15) is 0 Å². The maximum Gasteiger partial charge on any atom is 0.308 e. The van der Waals surface area contributed by atoms with Crippen molar-refractivity contribution in [1.82, 2.24) is 0 Å². The normalized spacial score (nSPS) is 14.5. The highest BCUT2D eigenvalue weighted by Gasteiger charge is 2.27. The topological polar surface area (TPSA) is 39.4 Å². The van der Waals surface area contributed by atoms with Crippen molar-refractivity contribution in [2.24, 2.45) is 0 Å². The van der Waals surface area contributed by atoms with Crippen LogP contribution in [0.25, 0.3) is 28.5 Å². The Kier molecular flexibility index (Phi) is 2.63. The van der Waals surface area contributed by atoms with Crippen LogP contribution in [-0.4, -0.2) is 5.97 Å². The van der Waals surface area contributed by atoms with Crippen LogP contribution in [-0.2, 0) is 4.79 Å². The van der Waals surface area contributed by atoms with Gasteiger partial charge in [-0.15, -0.1) is 0 Å². The third-order valence-electron chi connectivity index (χ3n) is 4.70. The Bertz CT molecular complexity index is 1180. The molecule has 1 aromatic heterocycles. The molecule has 1 heterocycles. The summed E-state index contributed by atoms with van der Waals surface area (Å²) in [5, 5.41) is 4.46. The van der Waals surface area contributed by atoms with Gasteiger partial charge in [-0.05, 0) is 40.1 Å². The number of rotatable bonds is 1. The van der Waals surface area contributed by atoms with E-state index >= 15 is 0 Å². The number of benzene rings is 2. The summed E-state index contributed by atoms with van der Waals surface area (Å²) >= 11 is 0. The van der Waals surface area contributed by atoms with Crippen molar-refractivity contribution in [3.05, 3.63) is 70.0 Å². The summed E-state index contributed by atoms with van der Waals surface area (Å²) in [5.74, 6) is 0.281. The molecule has 0 saturated heterocycles. The molecule has 3 nitrogen and oxygen atoms in total. The third-order valence-corrected chi connectivity index (χ3v) is 4.70. The first-order chi connectivity index (χ1) is 11.7. The Labute approximate surface area is 138 Å². The van der Waals surface area contributed by atoms with Crippen molar-refractivity contribution < 1.29 is 13.9 Å². The predicted molar refractivity (Wildman–Crippen MR) is 92.8 cm³/mol. The zero-order chi connectivity index (χ0) is 16.3. The minimum absolute atomic E-state index is 0.315. The Morgan fingerprint density at radius 3 is 2.96 bits per heavy atom. The summed E-state index contributed by atoms with van der Waals surface area (Å²) in [6.07, 6.45) is 8.73. The lowest BCUT2D eigenvalue weighted by Gasteiger charge is -2.13. The van der Waals surface area contributed by atoms with Gasteiger partial charge in [0.05, 0.1) is 12.5 Å². The Morgan fingerprint density at radius 1 is 1.21 bits per heavy atom. The van der Waals surface area contributed by atoms with E-state index in [1.165, 1.54) is 28.5 Å². The van der Waals surface area contributed by atoms with Crippen LogP contribution < -0.4 is 15.2 Å². The second-order valence-electron chi connectivity index (χ2n) is 6.17. The van der Waals surface area contributed by atoms with Gasteiger partial charge in [-0.25, -0.2) is 0 Å². The lowest BCUT2D eigenvalue weighted by atomic mass is 9.91. The molecule has 0 amide bonds. The van der Waals surface area contributed by atoms with E-state index in [1.54, 1.807) is 12.5 Å². The molecule has 0 N–H and O–H groups in total. The summed E-state index contributed by atoms with van der Waals surface area (Å²) in [4.78, 5) is 11.5. The van der Waals surface area contributed by atoms with Gasteiger partial charge < -0.3 is 9.15 Å². The van der Waals surface area contributed by atoms with Crippen LogP contribution in [0.1, 0.15) is 24.5 Å². The molecule has 2 aromatic carbocycles. The first-order valence-corrected chi connectivity index (χ1v) is 7.94. The van der Waals surface area contributed by atoms with Crippen LogP contribution in [0, 0.1) is 0 Å². The largest absolute Gasteiger partial charge is 0.471 e. The lowest BCUT2D eigenvalue weighted by Crippen LogP contribution is -2.29. The average molecular weight is 314 g/mol. The predicted octanol–water partition coefficient (Wildman–Crippen LogP) is 3.14. The molecule has 0 aliphatic heterocycles. The van der Waals surface area contributed by atoms with Crippen LogP contribution in [0.15, 0.2) is 52.8 Å². The molecule has 0 radical (unpaired) electrons. The molecule has 0 unspecified atom stereocenters. The molecule has 3 aromatic rings. The SMILES string of the molecule is CC(=O)Oc1cc2cocc2c2c1C=C1CC=c3ccccc3=C12. The van der Waals surface area contributed by atoms with Crippen molar-refractivity contribution in [3.8, 4) is 5.75 Å². The number of hydrogen-bond acceptors (Lipinski definition) is 3. The molecular formula is C21H14O3. The first kappa shape index (κ1) is 13.4. The average Bonchev–Trinajstić information content (AvgIpc) is 3.17. The molecule has 2 aliphatic rings. The van der Waals surface area contributed by atoms with Gasteiger partial charge >= 0.3 is 5.97 Å². The summed E-state index contributed by atoms with van der Waals surface area (Å²) in [6.45, 7) is 1.43. The van der Waals surface area contributed by atoms with Gasteiger partial charge in [0.2, 0.25) is 0 Å². The van der Waals surface area contributed by atoms with E-state index in [-0.39, 0.29) is 5.97 Å². The Balaban J connectivity index is 1.95. The Morgan fingerprint density at radius 2 is 2.08 bits per heavy atom. The van der Waals surface area contributed by atoms with E-state index in [0.29, 0.717) is 5.75 Å². The summed E-state index contributed by atoms with van der Waals surface area (Å²) in [7, 11) is 0. The van der Waals surface area contributed by atoms with Crippen LogP contribution in [0.3, 0.4) is 0 Å². The van der Waals surface area contributed by atoms with Gasteiger partial charge in [0.1, 0.15) is 5.75 Å². The van der Waals surface area contributed by atoms with E-state index in [0.717, 1.165) is 28.3 Å². The van der Waals surface area contributed by atoms with Crippen LogP contribution in [0.5, 0.6) is 5.75 Å². The molecule has 5 rings (SSSR count). The number of hydrogen-bond donors (Lipinski definition) is 0. The zero-order valence-corrected chi connectivity index (χ0v) is 13.1. The zero-order valence-electron chi connectivity index (χ0n) is 13.1. The highest BCUT2D eigenvalue weighted by Crippen LogP contribution is 2.45. The quantitative estimate of drug-likeness (QED) is 0.512. The van der Waals surface area contributed by atoms with Crippen molar-refractivity contribution in [3.63, 3.8) is 0 Å². The fraction of sp³-hybridized carbons (Fsp3) is 0.0952. The monoisotopic (exact) mass is 314 g/mol. The number of fused-ring (bicyclic) bond motifs is 6. The van der Waals surface area contributed by atoms with Gasteiger partial charge in [-0.3, -0.25) is 4.79 Å². The summed E-state index contributed by atoms with van der Waals surface area (Å²) in [5.41, 5.74) is 4.55. The molecular weight excluding hydrogens is 300 g/mol. The van der Waals surface area contributed by atoms with Crippen LogP contribution in [0.4, 0.5) is 0 Å². The third kappa shape index (κ3) is 1.75. The minimum Gasteiger partial charge on any atom is -0.471 e. The second kappa shape index (κ2) is 4.71. The van der Waals surface area contributed by atoms with E-state index in [2.05, 4.69) is 36.4 Å². The number of carbonyl (C=O) groups excluding carboxylic acids is 1. The molecule has 0 atom stereocenters. The second-order valence-corrected chi connectivity index (χ2v) is 6.17. The van der Waals surface area contributed by atoms with E-state index in [4.69, 9.17) is 9.15 Å². The number of furan rings is 1. The van der Waals surface area contributed by atoms with Gasteiger partial charge in [-0.1, -0.05) is 30.3 Å². The molecule has 2 aliphatic carbocycles. The first-order valence-electron chi connectivity index (χ1n) is 7.94. The molecule has 24 heavy (non-hydrogen) atoms. The minimum atomic E-state index is -0.315. The molecule has 0 bridgehead atoms. The van der Waals surface area contributed by atoms with E-state index < -0.39 is 0 Å². The maximum absolute atomic E-state index is 11.5. The van der Waals surface area contributed by atoms with Crippen molar-refractivity contribution in [1.29, 1.82) is 0 Å². The highest BCUT2D eigenvalue weighted by atomic mass is 16.5. The van der Waals surface area contributed by atoms with Gasteiger partial charge in [0, 0.05) is 28.8 Å². The fourth-order valence-corrected chi connectivity index (χ4v) is 3.76. The van der Waals surface area contributed by atoms with Crippen LogP contribution in [0.2, 0.25) is 0 Å². The number of esters is 1. The lowest BCUT2D eigenvalue weighted by molar-refractivity contribution is -0.131. The van der Waals surface area contributed by atoms with E-state index in [1.807, 2.05) is 6.07 Å². The van der Waals surface area contributed by atoms with Crippen molar-refractivity contribution >= 4 is 34.5 Å². The highest BCUT2D eigenvalue weighted by molar-refractivity contribution is 6.08. The molecule has 3 heteroatoms. The molecule has 0 spiro atoms. The number of ether oxygens (including phenoxy) is 1. The number of carbonyl (C=O) groups is 1. The molecule has 0 saturated carbocycles. The fourth-order valence-electron chi connectivity index (χ4n) is 3.76. The van der Waals surface area contributed by atoms with Gasteiger partial charge in [0.15, 0.2) is 0 Å². The number of allylic oxidation sites excluding steroid dienone is 1. The smallest absolute Gasteiger partial charge is 0.308 e. The standard InChI is InChI=1S/C21H14O3/c1-12(22)24-19-9-15-10-23-11-18(15)21-17(19)8-14-7-6-13-4-2-3-5-16(13)20(14)21/h2-6,8-11H,7H2,1H3. The molecule has 116 valence electrons. The van der Waals surface area contributed by atoms with Crippen LogP contribution >= 0.6 is 0 Å².